The molecule has 2 N–H and O–H groups in total. The van der Waals surface area contributed by atoms with E-state index in [1.54, 1.807) is 15.9 Å². The van der Waals surface area contributed by atoms with Crippen molar-refractivity contribution in [2.24, 2.45) is 0 Å². The van der Waals surface area contributed by atoms with Crippen LogP contribution in [-0.2, 0) is 11.4 Å². The molecule has 0 radical (unpaired) electrons. The first-order valence-corrected chi connectivity index (χ1v) is 8.34. The van der Waals surface area contributed by atoms with Gasteiger partial charge in [0.25, 0.3) is 0 Å². The topological polar surface area (TPSA) is 79.5 Å². The number of aliphatic hydroxyl groups is 1. The van der Waals surface area contributed by atoms with E-state index in [9.17, 15) is 9.90 Å². The Bertz CT molecular complexity index is 895. The maximum Gasteiger partial charge on any atom is 0.221 e. The normalized spacial score (nSPS) is 14.3. The maximum absolute atomic E-state index is 11.2. The highest BCUT2D eigenvalue weighted by molar-refractivity contribution is 7.16. The van der Waals surface area contributed by atoms with Gasteiger partial charge in [-0.25, -0.2) is 9.50 Å². The summed E-state index contributed by atoms with van der Waals surface area (Å²) in [6.07, 6.45) is 2.38. The summed E-state index contributed by atoms with van der Waals surface area (Å²) in [7, 11) is 0. The van der Waals surface area contributed by atoms with Gasteiger partial charge in [0, 0.05) is 24.1 Å². The lowest BCUT2D eigenvalue weighted by molar-refractivity contribution is -0.114. The van der Waals surface area contributed by atoms with Crippen LogP contribution < -0.4 is 5.32 Å². The summed E-state index contributed by atoms with van der Waals surface area (Å²) in [5.41, 5.74) is 2.96. The Morgan fingerprint density at radius 1 is 1.48 bits per heavy atom. The van der Waals surface area contributed by atoms with Crippen molar-refractivity contribution < 1.29 is 9.90 Å². The number of carbonyl (C=O) groups excluding carboxylic acids is 1. The van der Waals surface area contributed by atoms with E-state index in [1.165, 1.54) is 19.8 Å². The molecule has 6 nitrogen and oxygen atoms in total. The summed E-state index contributed by atoms with van der Waals surface area (Å²) < 4.78 is 1.75. The predicted octanol–water partition coefficient (Wildman–Crippen LogP) is 2.79. The van der Waals surface area contributed by atoms with Crippen LogP contribution in [0.3, 0.4) is 0 Å². The van der Waals surface area contributed by atoms with E-state index in [2.05, 4.69) is 15.4 Å². The minimum atomic E-state index is -0.130. The molecule has 1 aliphatic rings. The lowest BCUT2D eigenvalue weighted by Crippen LogP contribution is -2.05. The van der Waals surface area contributed by atoms with Crippen LogP contribution in [0, 0.1) is 0 Å². The van der Waals surface area contributed by atoms with Crippen molar-refractivity contribution >= 4 is 27.9 Å². The molecule has 0 spiro atoms. The summed E-state index contributed by atoms with van der Waals surface area (Å²) in [6, 6.07) is 7.46. The molecule has 0 aliphatic heterocycles. The minimum Gasteiger partial charge on any atom is -0.390 e. The second-order valence-electron chi connectivity index (χ2n) is 5.74. The first-order chi connectivity index (χ1) is 11.2. The Hall–Kier alpha value is -2.25. The molecule has 1 saturated carbocycles. The lowest BCUT2D eigenvalue weighted by Gasteiger charge is -2.05. The Balaban J connectivity index is 1.78. The van der Waals surface area contributed by atoms with Crippen molar-refractivity contribution in [2.45, 2.75) is 32.3 Å². The van der Waals surface area contributed by atoms with Gasteiger partial charge in [0.15, 0.2) is 0 Å². The smallest absolute Gasteiger partial charge is 0.221 e. The number of aromatic nitrogens is 3. The largest absolute Gasteiger partial charge is 0.390 e. The number of hydrogen-bond donors (Lipinski definition) is 2. The number of hydrogen-bond acceptors (Lipinski definition) is 5. The van der Waals surface area contributed by atoms with Crippen molar-refractivity contribution in [1.82, 2.24) is 14.6 Å². The second-order valence-corrected chi connectivity index (χ2v) is 6.72. The van der Waals surface area contributed by atoms with Crippen molar-refractivity contribution in [2.75, 3.05) is 5.32 Å². The molecule has 1 fully saturated rings. The molecule has 23 heavy (non-hydrogen) atoms. The monoisotopic (exact) mass is 328 g/mol. The summed E-state index contributed by atoms with van der Waals surface area (Å²) in [6.45, 7) is 1.34. The molecular formula is C16H16N4O2S. The van der Waals surface area contributed by atoms with Gasteiger partial charge < -0.3 is 10.4 Å². The zero-order valence-corrected chi connectivity index (χ0v) is 13.4. The summed E-state index contributed by atoms with van der Waals surface area (Å²) in [5.74, 6) is 0.450. The SMILES string of the molecule is CC(=O)Nc1cccc(-c2nc3sc(C4CC4)nn3c2CO)c1. The molecule has 1 amide bonds. The first kappa shape index (κ1) is 14.3. The Labute approximate surface area is 136 Å². The highest BCUT2D eigenvalue weighted by Gasteiger charge is 2.29. The van der Waals surface area contributed by atoms with Crippen molar-refractivity contribution in [1.29, 1.82) is 0 Å². The number of carbonyl (C=O) groups is 1. The van der Waals surface area contributed by atoms with Crippen LogP contribution >= 0.6 is 11.3 Å². The predicted molar refractivity (Wildman–Crippen MR) is 88.5 cm³/mol. The van der Waals surface area contributed by atoms with Crippen LogP contribution in [0.2, 0.25) is 0 Å². The van der Waals surface area contributed by atoms with Crippen molar-refractivity contribution in [3.05, 3.63) is 35.0 Å². The molecule has 118 valence electrons. The van der Waals surface area contributed by atoms with E-state index in [0.717, 1.165) is 15.5 Å². The van der Waals surface area contributed by atoms with Crippen LogP contribution in [0.25, 0.3) is 16.2 Å². The van der Waals surface area contributed by atoms with Crippen LogP contribution in [0.4, 0.5) is 5.69 Å². The molecule has 0 unspecified atom stereocenters. The van der Waals surface area contributed by atoms with E-state index in [1.807, 2.05) is 24.3 Å². The molecule has 2 heterocycles. The third kappa shape index (κ3) is 2.62. The van der Waals surface area contributed by atoms with Crippen molar-refractivity contribution in [3.63, 3.8) is 0 Å². The van der Waals surface area contributed by atoms with E-state index < -0.39 is 0 Å². The zero-order chi connectivity index (χ0) is 16.0. The molecular weight excluding hydrogens is 312 g/mol. The average Bonchev–Trinajstić information content (AvgIpc) is 3.19. The standard InChI is InChI=1S/C16H16N4O2S/c1-9(22)17-12-4-2-3-11(7-12)14-13(8-21)20-16(18-14)23-15(19-20)10-5-6-10/h2-4,7,10,21H,5-6,8H2,1H3,(H,17,22). The van der Waals surface area contributed by atoms with Gasteiger partial charge in [0.2, 0.25) is 10.9 Å². The van der Waals surface area contributed by atoms with Gasteiger partial charge in [0.1, 0.15) is 5.01 Å². The third-order valence-electron chi connectivity index (χ3n) is 3.84. The lowest BCUT2D eigenvalue weighted by atomic mass is 10.1. The fraction of sp³-hybridized carbons (Fsp3) is 0.312. The summed E-state index contributed by atoms with van der Waals surface area (Å²) >= 11 is 1.59. The van der Waals surface area contributed by atoms with Crippen LogP contribution in [0.1, 0.15) is 36.4 Å². The highest BCUT2D eigenvalue weighted by Crippen LogP contribution is 2.42. The first-order valence-electron chi connectivity index (χ1n) is 7.53. The number of amides is 1. The second kappa shape index (κ2) is 5.43. The number of aliphatic hydroxyl groups excluding tert-OH is 1. The van der Waals surface area contributed by atoms with Gasteiger partial charge in [-0.3, -0.25) is 4.79 Å². The number of fused-ring (bicyclic) bond motifs is 1. The highest BCUT2D eigenvalue weighted by atomic mass is 32.1. The number of imidazole rings is 1. The fourth-order valence-electron chi connectivity index (χ4n) is 2.62. The van der Waals surface area contributed by atoms with Gasteiger partial charge in [-0.15, -0.1) is 0 Å². The zero-order valence-electron chi connectivity index (χ0n) is 12.6. The van der Waals surface area contributed by atoms with E-state index >= 15 is 0 Å². The van der Waals surface area contributed by atoms with E-state index in [0.29, 0.717) is 23.0 Å². The number of rotatable bonds is 4. The van der Waals surface area contributed by atoms with Crippen LogP contribution in [0.15, 0.2) is 24.3 Å². The van der Waals surface area contributed by atoms with Gasteiger partial charge in [-0.2, -0.15) is 5.10 Å². The molecule has 7 heteroatoms. The van der Waals surface area contributed by atoms with Crippen molar-refractivity contribution in [3.8, 4) is 11.3 Å². The quantitative estimate of drug-likeness (QED) is 0.772. The van der Waals surface area contributed by atoms with Crippen LogP contribution in [-0.4, -0.2) is 25.6 Å². The maximum atomic E-state index is 11.2. The number of nitrogens with one attached hydrogen (secondary N) is 1. The van der Waals surface area contributed by atoms with Gasteiger partial charge >= 0.3 is 0 Å². The molecule has 0 bridgehead atoms. The number of benzene rings is 1. The molecule has 0 atom stereocenters. The third-order valence-corrected chi connectivity index (χ3v) is 4.92. The minimum absolute atomic E-state index is 0.119. The summed E-state index contributed by atoms with van der Waals surface area (Å²) in [5, 5.41) is 18.2. The number of nitrogens with zero attached hydrogens (tertiary/aromatic N) is 3. The molecule has 0 saturated heterocycles. The van der Waals surface area contributed by atoms with E-state index in [-0.39, 0.29) is 12.5 Å². The Morgan fingerprint density at radius 3 is 3.00 bits per heavy atom. The van der Waals surface area contributed by atoms with E-state index in [4.69, 9.17) is 0 Å². The van der Waals surface area contributed by atoms with Gasteiger partial charge in [0.05, 0.1) is 18.0 Å². The summed E-state index contributed by atoms with van der Waals surface area (Å²) in [4.78, 5) is 16.7. The van der Waals surface area contributed by atoms with Gasteiger partial charge in [-0.1, -0.05) is 23.5 Å². The molecule has 1 aromatic carbocycles. The van der Waals surface area contributed by atoms with Crippen LogP contribution in [0.5, 0.6) is 0 Å². The molecule has 3 aromatic rings. The average molecular weight is 328 g/mol. The Morgan fingerprint density at radius 2 is 2.30 bits per heavy atom. The fourth-order valence-corrected chi connectivity index (χ4v) is 3.71. The molecule has 2 aromatic heterocycles. The van der Waals surface area contributed by atoms with Gasteiger partial charge in [-0.05, 0) is 25.0 Å². The molecule has 1 aliphatic carbocycles. The molecule has 4 rings (SSSR count). The number of anilines is 1. The Kier molecular flexibility index (Phi) is 3.39.